The van der Waals surface area contributed by atoms with Gasteiger partial charge in [-0.05, 0) is 0 Å². The van der Waals surface area contributed by atoms with Crippen LogP contribution in [0.15, 0.2) is 36.1 Å². The minimum absolute atomic E-state index is 0.784. The molecule has 0 atom stereocenters. The molecule has 0 aromatic carbocycles. The van der Waals surface area contributed by atoms with Gasteiger partial charge in [0.25, 0.3) is 0 Å². The van der Waals surface area contributed by atoms with Crippen molar-refractivity contribution in [2.45, 2.75) is 0 Å². The van der Waals surface area contributed by atoms with E-state index in [4.69, 9.17) is 0 Å². The van der Waals surface area contributed by atoms with Crippen LogP contribution in [0.25, 0.3) is 0 Å². The van der Waals surface area contributed by atoms with Gasteiger partial charge in [-0.2, -0.15) is 0 Å². The van der Waals surface area contributed by atoms with Gasteiger partial charge in [0, 0.05) is 10.8 Å². The third-order valence-electron chi connectivity index (χ3n) is 0.536. The molecular formula is C6H8OS. The Balaban J connectivity index is 0.000000222. The summed E-state index contributed by atoms with van der Waals surface area (Å²) >= 11 is 0. The molecule has 8 heavy (non-hydrogen) atoms. The second kappa shape index (κ2) is 4.53. The SMILES string of the molecule is C=C.O=S1C=CC=C1. The largest absolute Gasteiger partial charge is 0.250 e. The molecule has 0 aromatic rings. The van der Waals surface area contributed by atoms with Gasteiger partial charge in [0.2, 0.25) is 0 Å². The van der Waals surface area contributed by atoms with Crippen LogP contribution in [0.1, 0.15) is 0 Å². The smallest absolute Gasteiger partial charge is 0.0702 e. The zero-order valence-corrected chi connectivity index (χ0v) is 5.36. The molecular weight excluding hydrogens is 120 g/mol. The van der Waals surface area contributed by atoms with Crippen molar-refractivity contribution >= 4 is 10.8 Å². The van der Waals surface area contributed by atoms with E-state index in [1.54, 1.807) is 23.0 Å². The second-order valence-electron chi connectivity index (χ2n) is 0.986. The van der Waals surface area contributed by atoms with Crippen LogP contribution in [0.5, 0.6) is 0 Å². The first kappa shape index (κ1) is 7.37. The van der Waals surface area contributed by atoms with Crippen molar-refractivity contribution in [3.8, 4) is 0 Å². The predicted molar refractivity (Wildman–Crippen MR) is 37.7 cm³/mol. The van der Waals surface area contributed by atoms with Crippen molar-refractivity contribution in [3.63, 3.8) is 0 Å². The molecule has 0 N–H and O–H groups in total. The molecule has 44 valence electrons. The van der Waals surface area contributed by atoms with Crippen molar-refractivity contribution in [1.82, 2.24) is 0 Å². The fourth-order valence-corrected chi connectivity index (χ4v) is 0.873. The summed E-state index contributed by atoms with van der Waals surface area (Å²) in [7, 11) is -0.784. The van der Waals surface area contributed by atoms with Crippen LogP contribution in [-0.2, 0) is 10.8 Å². The van der Waals surface area contributed by atoms with E-state index in [-0.39, 0.29) is 0 Å². The molecule has 0 spiro atoms. The van der Waals surface area contributed by atoms with E-state index >= 15 is 0 Å². The van der Waals surface area contributed by atoms with E-state index in [1.165, 1.54) is 0 Å². The number of hydrogen-bond donors (Lipinski definition) is 0. The normalized spacial score (nSPS) is 15.5. The summed E-state index contributed by atoms with van der Waals surface area (Å²) in [5, 5.41) is 3.28. The minimum Gasteiger partial charge on any atom is -0.250 e. The molecule has 2 heteroatoms. The van der Waals surface area contributed by atoms with Gasteiger partial charge < -0.3 is 0 Å². The van der Waals surface area contributed by atoms with E-state index in [2.05, 4.69) is 13.2 Å². The second-order valence-corrected chi connectivity index (χ2v) is 2.19. The lowest BCUT2D eigenvalue weighted by atomic mass is 10.6. The molecule has 0 amide bonds. The lowest BCUT2D eigenvalue weighted by molar-refractivity contribution is 0.693. The zero-order valence-electron chi connectivity index (χ0n) is 4.54. The van der Waals surface area contributed by atoms with E-state index in [0.717, 1.165) is 0 Å². The molecule has 0 aliphatic carbocycles. The molecule has 1 heterocycles. The summed E-state index contributed by atoms with van der Waals surface area (Å²) in [5.41, 5.74) is 0. The first-order chi connectivity index (χ1) is 3.89. The molecule has 1 nitrogen and oxygen atoms in total. The van der Waals surface area contributed by atoms with E-state index in [0.29, 0.717) is 0 Å². The quantitative estimate of drug-likeness (QED) is 0.453. The lowest BCUT2D eigenvalue weighted by Gasteiger charge is -1.65. The maximum Gasteiger partial charge on any atom is 0.0702 e. The number of hydrogen-bond acceptors (Lipinski definition) is 1. The van der Waals surface area contributed by atoms with Crippen LogP contribution in [0, 0.1) is 0 Å². The maximum absolute atomic E-state index is 10.2. The van der Waals surface area contributed by atoms with Gasteiger partial charge >= 0.3 is 0 Å². The highest BCUT2D eigenvalue weighted by atomic mass is 32.2. The van der Waals surface area contributed by atoms with Crippen LogP contribution in [0.3, 0.4) is 0 Å². The van der Waals surface area contributed by atoms with Crippen LogP contribution < -0.4 is 0 Å². The Labute approximate surface area is 51.9 Å². The Kier molecular flexibility index (Phi) is 4.17. The van der Waals surface area contributed by atoms with Crippen molar-refractivity contribution in [2.75, 3.05) is 0 Å². The van der Waals surface area contributed by atoms with Gasteiger partial charge in [-0.3, -0.25) is 4.21 Å². The Hall–Kier alpha value is -0.630. The van der Waals surface area contributed by atoms with Gasteiger partial charge in [-0.25, -0.2) is 0 Å². The summed E-state index contributed by atoms with van der Waals surface area (Å²) in [4.78, 5) is 0. The molecule has 0 bridgehead atoms. The summed E-state index contributed by atoms with van der Waals surface area (Å²) in [5.74, 6) is 0. The summed E-state index contributed by atoms with van der Waals surface area (Å²) in [6.45, 7) is 6.00. The first-order valence-corrected chi connectivity index (χ1v) is 3.41. The van der Waals surface area contributed by atoms with E-state index < -0.39 is 10.8 Å². The van der Waals surface area contributed by atoms with Gasteiger partial charge in [0.15, 0.2) is 0 Å². The van der Waals surface area contributed by atoms with Gasteiger partial charge in [-0.15, -0.1) is 13.2 Å². The standard InChI is InChI=1S/C4H4OS.C2H4/c5-6-3-1-2-4-6;1-2/h1-4H;1-2H2. The molecule has 1 aliphatic heterocycles. The Bertz CT molecular complexity index is 121. The highest BCUT2D eigenvalue weighted by Crippen LogP contribution is 1.95. The third kappa shape index (κ3) is 2.53. The zero-order chi connectivity index (χ0) is 6.41. The highest BCUT2D eigenvalue weighted by molar-refractivity contribution is 7.91. The first-order valence-electron chi connectivity index (χ1n) is 2.14. The molecule has 0 unspecified atom stereocenters. The lowest BCUT2D eigenvalue weighted by Crippen LogP contribution is -1.63. The molecule has 1 aliphatic rings. The predicted octanol–water partition coefficient (Wildman–Crippen LogP) is 1.58. The Morgan fingerprint density at radius 3 is 1.62 bits per heavy atom. The van der Waals surface area contributed by atoms with Crippen molar-refractivity contribution in [3.05, 3.63) is 36.1 Å². The molecule has 0 fully saturated rings. The monoisotopic (exact) mass is 128 g/mol. The molecule has 0 radical (unpaired) electrons. The summed E-state index contributed by atoms with van der Waals surface area (Å²) < 4.78 is 10.2. The van der Waals surface area contributed by atoms with Crippen LogP contribution in [0.2, 0.25) is 0 Å². The minimum atomic E-state index is -0.784. The molecule has 0 saturated carbocycles. The number of allylic oxidation sites excluding steroid dienone is 2. The number of rotatable bonds is 0. The molecule has 0 aromatic heterocycles. The van der Waals surface area contributed by atoms with Crippen LogP contribution >= 0.6 is 0 Å². The topological polar surface area (TPSA) is 17.1 Å². The maximum atomic E-state index is 10.2. The highest BCUT2D eigenvalue weighted by Gasteiger charge is 1.86. The van der Waals surface area contributed by atoms with Crippen LogP contribution in [0.4, 0.5) is 0 Å². The van der Waals surface area contributed by atoms with Crippen molar-refractivity contribution < 1.29 is 4.21 Å². The fraction of sp³-hybridized carbons (Fsp3) is 0. The summed E-state index contributed by atoms with van der Waals surface area (Å²) in [6.07, 6.45) is 3.55. The van der Waals surface area contributed by atoms with Crippen LogP contribution in [-0.4, -0.2) is 4.21 Å². The average molecular weight is 128 g/mol. The van der Waals surface area contributed by atoms with Crippen molar-refractivity contribution in [1.29, 1.82) is 0 Å². The Morgan fingerprint density at radius 1 is 1.12 bits per heavy atom. The van der Waals surface area contributed by atoms with Gasteiger partial charge in [-0.1, -0.05) is 12.2 Å². The van der Waals surface area contributed by atoms with Gasteiger partial charge in [0.05, 0.1) is 10.8 Å². The molecule has 0 saturated heterocycles. The Morgan fingerprint density at radius 2 is 1.50 bits per heavy atom. The van der Waals surface area contributed by atoms with Crippen molar-refractivity contribution in [2.24, 2.45) is 0 Å². The third-order valence-corrected chi connectivity index (χ3v) is 1.39. The fourth-order valence-electron chi connectivity index (χ4n) is 0.291. The summed E-state index contributed by atoms with van der Waals surface area (Å²) in [6, 6.07) is 0. The molecule has 1 rings (SSSR count). The van der Waals surface area contributed by atoms with E-state index in [9.17, 15) is 4.21 Å². The van der Waals surface area contributed by atoms with Gasteiger partial charge in [0.1, 0.15) is 0 Å². The average Bonchev–Trinajstić information content (AvgIpc) is 2.24. The van der Waals surface area contributed by atoms with E-state index in [1.807, 2.05) is 0 Å².